The van der Waals surface area contributed by atoms with Crippen LogP contribution in [-0.2, 0) is 6.54 Å². The second-order valence-corrected chi connectivity index (χ2v) is 8.55. The third-order valence-electron chi connectivity index (χ3n) is 6.56. The molecule has 1 saturated heterocycles. The minimum Gasteiger partial charge on any atom is -0.344 e. The number of pyridine rings is 1. The van der Waals surface area contributed by atoms with Crippen molar-refractivity contribution in [2.75, 3.05) is 13.1 Å². The molecule has 32 heavy (non-hydrogen) atoms. The van der Waals surface area contributed by atoms with Gasteiger partial charge in [-0.3, -0.25) is 9.59 Å². The number of H-pyrrole nitrogens is 1. The number of benzene rings is 1. The number of hydrogen-bond acceptors (Lipinski definition) is 4. The molecule has 2 aliphatic heterocycles. The van der Waals surface area contributed by atoms with Gasteiger partial charge in [0.2, 0.25) is 0 Å². The first kappa shape index (κ1) is 18.8. The summed E-state index contributed by atoms with van der Waals surface area (Å²) in [7, 11) is 0. The van der Waals surface area contributed by atoms with E-state index < -0.39 is 0 Å². The molecule has 3 aromatic heterocycles. The van der Waals surface area contributed by atoms with Crippen LogP contribution >= 0.6 is 0 Å². The molecule has 1 fully saturated rings. The lowest BCUT2D eigenvalue weighted by Crippen LogP contribution is -2.49. The van der Waals surface area contributed by atoms with Gasteiger partial charge in [0.15, 0.2) is 0 Å². The SMILES string of the molecule is O=C(c1ccc(-n2ccnc2)cc1)N1C[C@@H]2C[C@H](C1)c1ccc(-c3ncc[nH]3)c(=O)n1C2. The normalized spacial score (nSPS) is 19.6. The number of imidazole rings is 2. The minimum atomic E-state index is -0.0120. The minimum absolute atomic E-state index is 0.0120. The number of aromatic nitrogens is 5. The maximum Gasteiger partial charge on any atom is 0.261 e. The lowest BCUT2D eigenvalue weighted by molar-refractivity contribution is 0.0594. The van der Waals surface area contributed by atoms with Gasteiger partial charge in [0, 0.05) is 67.3 Å². The van der Waals surface area contributed by atoms with Crippen LogP contribution in [0.3, 0.4) is 0 Å². The molecule has 8 nitrogen and oxygen atoms in total. The van der Waals surface area contributed by atoms with E-state index in [9.17, 15) is 9.59 Å². The van der Waals surface area contributed by atoms with E-state index in [4.69, 9.17) is 0 Å². The molecule has 2 atom stereocenters. The van der Waals surface area contributed by atoms with Crippen molar-refractivity contribution in [1.82, 2.24) is 29.0 Å². The molecule has 8 heteroatoms. The Morgan fingerprint density at radius 1 is 1.03 bits per heavy atom. The summed E-state index contributed by atoms with van der Waals surface area (Å²) in [5, 5.41) is 0. The van der Waals surface area contributed by atoms with Crippen LogP contribution in [0.5, 0.6) is 0 Å². The smallest absolute Gasteiger partial charge is 0.261 e. The molecular weight excluding hydrogens is 404 g/mol. The molecule has 0 saturated carbocycles. The van der Waals surface area contributed by atoms with E-state index in [0.717, 1.165) is 17.8 Å². The zero-order valence-corrected chi connectivity index (χ0v) is 17.4. The fraction of sp³-hybridized carbons (Fsp3) is 0.250. The molecule has 2 bridgehead atoms. The number of piperidine rings is 1. The number of hydrogen-bond donors (Lipinski definition) is 1. The van der Waals surface area contributed by atoms with Gasteiger partial charge < -0.3 is 19.0 Å². The Kier molecular flexibility index (Phi) is 4.31. The van der Waals surface area contributed by atoms with Crippen molar-refractivity contribution >= 4 is 5.91 Å². The topological polar surface area (TPSA) is 88.8 Å². The second-order valence-electron chi connectivity index (χ2n) is 8.55. The number of aromatic amines is 1. The second kappa shape index (κ2) is 7.33. The van der Waals surface area contributed by atoms with E-state index in [1.54, 1.807) is 24.9 Å². The number of likely N-dealkylation sites (tertiary alicyclic amines) is 1. The van der Waals surface area contributed by atoms with Crippen molar-refractivity contribution in [1.29, 1.82) is 0 Å². The fourth-order valence-corrected chi connectivity index (χ4v) is 5.08. The highest BCUT2D eigenvalue weighted by molar-refractivity contribution is 5.94. The summed E-state index contributed by atoms with van der Waals surface area (Å²) in [6.45, 7) is 1.91. The Morgan fingerprint density at radius 3 is 2.66 bits per heavy atom. The molecule has 160 valence electrons. The number of carbonyl (C=O) groups excluding carboxylic acids is 1. The van der Waals surface area contributed by atoms with E-state index >= 15 is 0 Å². The molecule has 6 rings (SSSR count). The van der Waals surface area contributed by atoms with Gasteiger partial charge in [-0.05, 0) is 48.7 Å². The van der Waals surface area contributed by atoms with Crippen molar-refractivity contribution in [3.63, 3.8) is 0 Å². The summed E-state index contributed by atoms with van der Waals surface area (Å²) >= 11 is 0. The Morgan fingerprint density at radius 2 is 1.91 bits per heavy atom. The monoisotopic (exact) mass is 426 g/mol. The van der Waals surface area contributed by atoms with Crippen molar-refractivity contribution in [3.05, 3.63) is 89.1 Å². The molecule has 0 spiro atoms. The van der Waals surface area contributed by atoms with Crippen LogP contribution in [-0.4, -0.2) is 48.0 Å². The van der Waals surface area contributed by atoms with E-state index in [-0.39, 0.29) is 23.3 Å². The predicted molar refractivity (Wildman–Crippen MR) is 119 cm³/mol. The highest BCUT2D eigenvalue weighted by Gasteiger charge is 2.37. The van der Waals surface area contributed by atoms with Crippen molar-refractivity contribution in [2.24, 2.45) is 5.92 Å². The molecule has 4 aromatic rings. The van der Waals surface area contributed by atoms with Gasteiger partial charge in [0.25, 0.3) is 11.5 Å². The molecule has 1 amide bonds. The lowest BCUT2D eigenvalue weighted by Gasteiger charge is -2.43. The average molecular weight is 426 g/mol. The Balaban J connectivity index is 1.25. The molecule has 0 unspecified atom stereocenters. The first-order valence-corrected chi connectivity index (χ1v) is 10.8. The summed E-state index contributed by atoms with van der Waals surface area (Å²) in [6, 6.07) is 11.5. The number of nitrogens with zero attached hydrogens (tertiary/aromatic N) is 5. The van der Waals surface area contributed by atoms with Crippen LogP contribution in [0.15, 0.2) is 72.3 Å². The van der Waals surface area contributed by atoms with Crippen LogP contribution in [0.2, 0.25) is 0 Å². The zero-order chi connectivity index (χ0) is 21.7. The summed E-state index contributed by atoms with van der Waals surface area (Å²) < 4.78 is 3.80. The number of nitrogens with one attached hydrogen (secondary N) is 1. The Hall–Kier alpha value is -3.94. The quantitative estimate of drug-likeness (QED) is 0.546. The van der Waals surface area contributed by atoms with Crippen LogP contribution in [0.25, 0.3) is 17.1 Å². The molecule has 0 radical (unpaired) electrons. The van der Waals surface area contributed by atoms with Crippen molar-refractivity contribution < 1.29 is 4.79 Å². The fourth-order valence-electron chi connectivity index (χ4n) is 5.08. The number of rotatable bonds is 3. The van der Waals surface area contributed by atoms with Crippen LogP contribution in [0, 0.1) is 5.92 Å². The zero-order valence-electron chi connectivity index (χ0n) is 17.4. The highest BCUT2D eigenvalue weighted by Crippen LogP contribution is 2.36. The maximum absolute atomic E-state index is 13.2. The highest BCUT2D eigenvalue weighted by atomic mass is 16.2. The Bertz CT molecular complexity index is 1320. The largest absolute Gasteiger partial charge is 0.344 e. The summed E-state index contributed by atoms with van der Waals surface area (Å²) in [5.41, 5.74) is 3.23. The lowest BCUT2D eigenvalue weighted by atomic mass is 9.82. The first-order chi connectivity index (χ1) is 15.7. The molecule has 0 aliphatic carbocycles. The summed E-state index contributed by atoms with van der Waals surface area (Å²) in [4.78, 5) is 39.6. The first-order valence-electron chi connectivity index (χ1n) is 10.8. The van der Waals surface area contributed by atoms with Gasteiger partial charge in [0.05, 0.1) is 11.9 Å². The van der Waals surface area contributed by atoms with Crippen molar-refractivity contribution in [2.45, 2.75) is 18.9 Å². The standard InChI is InChI=1S/C24H22N6O2/c31-23(17-1-3-19(4-2-17)28-10-9-25-15-28)29-12-16-11-18(14-29)21-6-5-20(22-26-7-8-27-22)24(32)30(21)13-16/h1-10,15-16,18H,11-14H2,(H,26,27)/t16-,18+/m0/s1. The van der Waals surface area contributed by atoms with Gasteiger partial charge in [-0.15, -0.1) is 0 Å². The number of amides is 1. The van der Waals surface area contributed by atoms with Gasteiger partial charge in [-0.25, -0.2) is 9.97 Å². The maximum atomic E-state index is 13.2. The number of carbonyl (C=O) groups is 1. The van der Waals surface area contributed by atoms with Gasteiger partial charge >= 0.3 is 0 Å². The van der Waals surface area contributed by atoms with Crippen LogP contribution in [0.1, 0.15) is 28.4 Å². The summed E-state index contributed by atoms with van der Waals surface area (Å²) in [5.74, 6) is 1.06. The van der Waals surface area contributed by atoms with Crippen LogP contribution < -0.4 is 5.56 Å². The van der Waals surface area contributed by atoms with E-state index in [2.05, 4.69) is 15.0 Å². The third kappa shape index (κ3) is 3.07. The molecule has 5 heterocycles. The van der Waals surface area contributed by atoms with Crippen molar-refractivity contribution in [3.8, 4) is 17.1 Å². The molecule has 1 aromatic carbocycles. The van der Waals surface area contributed by atoms with Crippen LogP contribution in [0.4, 0.5) is 0 Å². The third-order valence-corrected chi connectivity index (χ3v) is 6.56. The van der Waals surface area contributed by atoms with Gasteiger partial charge in [-0.1, -0.05) is 0 Å². The van der Waals surface area contributed by atoms with E-state index in [0.29, 0.717) is 36.6 Å². The number of fused-ring (bicyclic) bond motifs is 4. The molecular formula is C24H22N6O2. The van der Waals surface area contributed by atoms with Gasteiger partial charge in [-0.2, -0.15) is 0 Å². The van der Waals surface area contributed by atoms with Gasteiger partial charge in [0.1, 0.15) is 5.82 Å². The van der Waals surface area contributed by atoms with E-state index in [1.165, 1.54) is 0 Å². The molecule has 2 aliphatic rings. The Labute approximate surface area is 184 Å². The van der Waals surface area contributed by atoms with E-state index in [1.807, 2.05) is 56.6 Å². The summed E-state index contributed by atoms with van der Waals surface area (Å²) in [6.07, 6.45) is 9.71. The average Bonchev–Trinajstić information content (AvgIpc) is 3.54. The molecule has 1 N–H and O–H groups in total. The predicted octanol–water partition coefficient (Wildman–Crippen LogP) is 2.68.